The molecule has 8 nitrogen and oxygen atoms in total. The molecule has 0 amide bonds. The first kappa shape index (κ1) is 18.5. The van der Waals surface area contributed by atoms with E-state index in [2.05, 4.69) is 0 Å². The second-order valence-electron chi connectivity index (χ2n) is 6.30. The molecule has 0 saturated carbocycles. The summed E-state index contributed by atoms with van der Waals surface area (Å²) in [5.41, 5.74) is -0.115. The molecule has 1 unspecified atom stereocenters. The van der Waals surface area contributed by atoms with Gasteiger partial charge < -0.3 is 14.6 Å². The summed E-state index contributed by atoms with van der Waals surface area (Å²) in [6, 6.07) is 12.1. The highest BCUT2D eigenvalue weighted by Crippen LogP contribution is 2.43. The lowest BCUT2D eigenvalue weighted by Crippen LogP contribution is -2.59. The Morgan fingerprint density at radius 1 is 1.22 bits per heavy atom. The Hall–Kier alpha value is -3.29. The number of aliphatic carboxylic acids is 1. The average molecular weight is 372 g/mol. The number of rotatable bonds is 6. The Labute approximate surface area is 156 Å². The summed E-state index contributed by atoms with van der Waals surface area (Å²) in [4.78, 5) is 24.3. The van der Waals surface area contributed by atoms with Crippen LogP contribution in [0.5, 0.6) is 11.5 Å². The molecule has 2 aromatic carbocycles. The van der Waals surface area contributed by atoms with Crippen LogP contribution in [0.2, 0.25) is 0 Å². The number of carboxylic acids is 1. The molecular weight excluding hydrogens is 352 g/mol. The van der Waals surface area contributed by atoms with Crippen molar-refractivity contribution in [1.82, 2.24) is 5.01 Å². The molecule has 0 aromatic heterocycles. The fourth-order valence-electron chi connectivity index (χ4n) is 3.67. The Morgan fingerprint density at radius 2 is 1.85 bits per heavy atom. The first-order chi connectivity index (χ1) is 12.9. The molecule has 1 heterocycles. The van der Waals surface area contributed by atoms with Crippen molar-refractivity contribution in [2.24, 2.45) is 0 Å². The molecule has 1 aliphatic heterocycles. The highest BCUT2D eigenvalue weighted by Gasteiger charge is 2.55. The van der Waals surface area contributed by atoms with E-state index in [0.717, 1.165) is 5.01 Å². The van der Waals surface area contributed by atoms with Crippen LogP contribution in [0.25, 0.3) is 0 Å². The standard InChI is InChI=1S/C19H20N2O6/c1-26-16-10-14-8-9-20(21(24)25)19(18(22)23,15(14)11-17(16)27-2)12-13-6-4-3-5-7-13/h3-7,10-11H,8-9,12H2,1-2H3,(H,22,23). The predicted octanol–water partition coefficient (Wildman–Crippen LogP) is 2.28. The van der Waals surface area contributed by atoms with Gasteiger partial charge in [0.15, 0.2) is 16.5 Å². The summed E-state index contributed by atoms with van der Waals surface area (Å²) in [5.74, 6) is -0.485. The van der Waals surface area contributed by atoms with E-state index in [4.69, 9.17) is 9.47 Å². The minimum atomic E-state index is -1.85. The molecule has 0 saturated heterocycles. The quantitative estimate of drug-likeness (QED) is 0.613. The van der Waals surface area contributed by atoms with Crippen LogP contribution >= 0.6 is 0 Å². The van der Waals surface area contributed by atoms with Crippen molar-refractivity contribution >= 4 is 5.97 Å². The normalized spacial score (nSPS) is 18.5. The zero-order valence-corrected chi connectivity index (χ0v) is 15.0. The minimum Gasteiger partial charge on any atom is -0.493 e. The molecule has 1 atom stereocenters. The number of carbonyl (C=O) groups is 1. The molecule has 1 aliphatic rings. The number of fused-ring (bicyclic) bond motifs is 1. The average Bonchev–Trinajstić information content (AvgIpc) is 2.67. The van der Waals surface area contributed by atoms with Gasteiger partial charge in [-0.05, 0) is 29.7 Å². The molecule has 2 aromatic rings. The van der Waals surface area contributed by atoms with Gasteiger partial charge in [0.2, 0.25) is 5.54 Å². The van der Waals surface area contributed by atoms with Gasteiger partial charge in [0.05, 0.1) is 20.8 Å². The summed E-state index contributed by atoms with van der Waals surface area (Å²) in [6.45, 7) is -0.0192. The first-order valence-corrected chi connectivity index (χ1v) is 8.38. The summed E-state index contributed by atoms with van der Waals surface area (Å²) < 4.78 is 10.6. The molecule has 27 heavy (non-hydrogen) atoms. The third kappa shape index (κ3) is 3.03. The van der Waals surface area contributed by atoms with E-state index in [1.807, 2.05) is 6.07 Å². The Balaban J connectivity index is 2.27. The van der Waals surface area contributed by atoms with Crippen LogP contribution in [-0.2, 0) is 23.2 Å². The second-order valence-corrected chi connectivity index (χ2v) is 6.30. The maximum Gasteiger partial charge on any atom is 0.340 e. The van der Waals surface area contributed by atoms with Gasteiger partial charge in [0, 0.05) is 12.0 Å². The van der Waals surface area contributed by atoms with E-state index in [1.54, 1.807) is 36.4 Å². The van der Waals surface area contributed by atoms with E-state index in [1.165, 1.54) is 14.2 Å². The van der Waals surface area contributed by atoms with Gasteiger partial charge in [0.1, 0.15) is 0 Å². The van der Waals surface area contributed by atoms with Crippen LogP contribution in [0.1, 0.15) is 16.7 Å². The molecule has 8 heteroatoms. The van der Waals surface area contributed by atoms with Crippen LogP contribution in [0.3, 0.4) is 0 Å². The molecule has 142 valence electrons. The monoisotopic (exact) mass is 372 g/mol. The highest BCUT2D eigenvalue weighted by atomic mass is 16.7. The SMILES string of the molecule is COc1cc2c(cc1OC)C(Cc1ccccc1)(C(=O)O)N([N+](=O)[O-])CC2. The van der Waals surface area contributed by atoms with E-state index < -0.39 is 16.5 Å². The largest absolute Gasteiger partial charge is 0.493 e. The van der Waals surface area contributed by atoms with Crippen LogP contribution in [0, 0.1) is 10.1 Å². The van der Waals surface area contributed by atoms with Crippen LogP contribution in [-0.4, -0.2) is 41.9 Å². The first-order valence-electron chi connectivity index (χ1n) is 8.38. The zero-order valence-electron chi connectivity index (χ0n) is 15.0. The van der Waals surface area contributed by atoms with Gasteiger partial charge in [-0.25, -0.2) is 14.9 Å². The van der Waals surface area contributed by atoms with Gasteiger partial charge in [-0.15, -0.1) is 5.01 Å². The molecule has 0 fully saturated rings. The van der Waals surface area contributed by atoms with Crippen molar-refractivity contribution in [3.8, 4) is 11.5 Å². The smallest absolute Gasteiger partial charge is 0.340 e. The molecule has 3 rings (SSSR count). The van der Waals surface area contributed by atoms with Gasteiger partial charge >= 0.3 is 5.97 Å². The maximum absolute atomic E-state index is 12.5. The van der Waals surface area contributed by atoms with Gasteiger partial charge in [-0.1, -0.05) is 30.3 Å². The lowest BCUT2D eigenvalue weighted by atomic mass is 9.77. The Bertz CT molecular complexity index is 870. The fraction of sp³-hybridized carbons (Fsp3) is 0.316. The van der Waals surface area contributed by atoms with E-state index in [0.29, 0.717) is 34.6 Å². The molecule has 0 radical (unpaired) electrons. The minimum absolute atomic E-state index is 0.0192. The van der Waals surface area contributed by atoms with Gasteiger partial charge in [0.25, 0.3) is 0 Å². The molecule has 0 spiro atoms. The maximum atomic E-state index is 12.5. The summed E-state index contributed by atoms with van der Waals surface area (Å²) >= 11 is 0. The number of nitrogens with zero attached hydrogens (tertiary/aromatic N) is 2. The van der Waals surface area contributed by atoms with Gasteiger partial charge in [-0.2, -0.15) is 0 Å². The number of carboxylic acid groups (broad SMARTS) is 1. The summed E-state index contributed by atoms with van der Waals surface area (Å²) in [5, 5.41) is 22.1. The highest BCUT2D eigenvalue weighted by molar-refractivity contribution is 5.82. The lowest BCUT2D eigenvalue weighted by Gasteiger charge is -2.39. The van der Waals surface area contributed by atoms with E-state index in [-0.39, 0.29) is 13.0 Å². The number of hydrazine groups is 1. The van der Waals surface area contributed by atoms with Crippen molar-refractivity contribution < 1.29 is 24.4 Å². The van der Waals surface area contributed by atoms with Crippen molar-refractivity contribution in [2.45, 2.75) is 18.4 Å². The number of ether oxygens (including phenoxy) is 2. The van der Waals surface area contributed by atoms with E-state index in [9.17, 15) is 20.0 Å². The molecule has 0 aliphatic carbocycles. The number of hydrogen-bond acceptors (Lipinski definition) is 5. The molecule has 0 bridgehead atoms. The number of benzene rings is 2. The summed E-state index contributed by atoms with van der Waals surface area (Å²) in [7, 11) is 2.93. The third-order valence-electron chi connectivity index (χ3n) is 4.94. The topological polar surface area (TPSA) is 102 Å². The Morgan fingerprint density at radius 3 is 2.41 bits per heavy atom. The van der Waals surface area contributed by atoms with Crippen molar-refractivity contribution in [3.05, 3.63) is 69.3 Å². The fourth-order valence-corrected chi connectivity index (χ4v) is 3.67. The zero-order chi connectivity index (χ0) is 19.6. The second kappa shape index (κ2) is 7.14. The van der Waals surface area contributed by atoms with Crippen molar-refractivity contribution in [1.29, 1.82) is 0 Å². The van der Waals surface area contributed by atoms with Crippen molar-refractivity contribution in [3.63, 3.8) is 0 Å². The molecular formula is C19H20N2O6. The summed E-state index contributed by atoms with van der Waals surface area (Å²) in [6.07, 6.45) is 0.285. The Kier molecular flexibility index (Phi) is 4.89. The van der Waals surface area contributed by atoms with Crippen LogP contribution in [0.15, 0.2) is 42.5 Å². The van der Waals surface area contributed by atoms with Crippen molar-refractivity contribution in [2.75, 3.05) is 20.8 Å². The van der Waals surface area contributed by atoms with Crippen LogP contribution in [0.4, 0.5) is 0 Å². The van der Waals surface area contributed by atoms with Crippen LogP contribution < -0.4 is 9.47 Å². The number of nitro groups is 1. The van der Waals surface area contributed by atoms with Gasteiger partial charge in [-0.3, -0.25) is 0 Å². The number of hydrogen-bond donors (Lipinski definition) is 1. The number of methoxy groups -OCH3 is 2. The third-order valence-corrected chi connectivity index (χ3v) is 4.94. The van der Waals surface area contributed by atoms with E-state index >= 15 is 0 Å². The molecule has 1 N–H and O–H groups in total. The predicted molar refractivity (Wildman–Crippen MR) is 96.4 cm³/mol. The lowest BCUT2D eigenvalue weighted by molar-refractivity contribution is -0.675.